The van der Waals surface area contributed by atoms with E-state index in [1.807, 2.05) is 13.8 Å². The highest BCUT2D eigenvalue weighted by molar-refractivity contribution is 7.89. The summed E-state index contributed by atoms with van der Waals surface area (Å²) in [7, 11) is -3.09. The fraction of sp³-hybridized carbons (Fsp3) is 1.00. The molecule has 0 saturated carbocycles. The lowest BCUT2D eigenvalue weighted by molar-refractivity contribution is 0.515. The van der Waals surface area contributed by atoms with Crippen molar-refractivity contribution < 1.29 is 8.42 Å². The van der Waals surface area contributed by atoms with Crippen LogP contribution in [0.15, 0.2) is 0 Å². The van der Waals surface area contributed by atoms with Crippen LogP contribution < -0.4 is 10.0 Å². The van der Waals surface area contributed by atoms with Gasteiger partial charge < -0.3 is 5.32 Å². The Morgan fingerprint density at radius 1 is 1.40 bits per heavy atom. The fourth-order valence-corrected chi connectivity index (χ4v) is 3.54. The predicted molar refractivity (Wildman–Crippen MR) is 62.3 cm³/mol. The summed E-state index contributed by atoms with van der Waals surface area (Å²) in [4.78, 5) is 0. The van der Waals surface area contributed by atoms with Crippen molar-refractivity contribution in [1.29, 1.82) is 0 Å². The largest absolute Gasteiger partial charge is 0.315 e. The Bertz CT molecular complexity index is 267. The third-order valence-corrected chi connectivity index (χ3v) is 4.24. The molecule has 0 aliphatic carbocycles. The Balaban J connectivity index is 2.44. The molecule has 0 bridgehead atoms. The average Bonchev–Trinajstić information content (AvgIpc) is 2.29. The van der Waals surface area contributed by atoms with E-state index >= 15 is 0 Å². The second-order valence-corrected chi connectivity index (χ2v) is 6.49. The molecule has 0 spiro atoms. The maximum atomic E-state index is 11.7. The lowest BCUT2D eigenvalue weighted by Crippen LogP contribution is -2.42. The van der Waals surface area contributed by atoms with Gasteiger partial charge in [-0.15, -0.1) is 0 Å². The summed E-state index contributed by atoms with van der Waals surface area (Å²) in [6, 6.07) is 0.0799. The molecule has 1 rings (SSSR count). The molecule has 1 aliphatic rings. The van der Waals surface area contributed by atoms with Gasteiger partial charge in [-0.25, -0.2) is 13.1 Å². The predicted octanol–water partition coefficient (Wildman–Crippen LogP) is 0.704. The van der Waals surface area contributed by atoms with E-state index < -0.39 is 10.0 Å². The molecule has 1 atom stereocenters. The van der Waals surface area contributed by atoms with Crippen LogP contribution in [0.1, 0.15) is 33.1 Å². The molecule has 0 amide bonds. The van der Waals surface area contributed by atoms with Crippen LogP contribution in [0.4, 0.5) is 0 Å². The fourth-order valence-electron chi connectivity index (χ4n) is 1.86. The van der Waals surface area contributed by atoms with E-state index in [9.17, 15) is 8.42 Å². The molecule has 0 radical (unpaired) electrons. The normalized spacial score (nSPS) is 24.1. The Hall–Kier alpha value is -0.130. The van der Waals surface area contributed by atoms with Gasteiger partial charge in [0.15, 0.2) is 0 Å². The van der Waals surface area contributed by atoms with Gasteiger partial charge in [0.2, 0.25) is 10.0 Å². The van der Waals surface area contributed by atoms with Crippen LogP contribution in [0.3, 0.4) is 0 Å². The van der Waals surface area contributed by atoms with Gasteiger partial charge >= 0.3 is 0 Å². The third-order valence-electron chi connectivity index (χ3n) is 2.45. The first-order valence-corrected chi connectivity index (χ1v) is 7.35. The summed E-state index contributed by atoms with van der Waals surface area (Å²) in [6.45, 7) is 5.61. The Morgan fingerprint density at radius 3 is 2.80 bits per heavy atom. The van der Waals surface area contributed by atoms with E-state index in [2.05, 4.69) is 10.0 Å². The SMILES string of the molecule is CC(C)CS(=O)(=O)NC1CCCCNC1. The second kappa shape index (κ2) is 5.82. The van der Waals surface area contributed by atoms with Crippen LogP contribution in [-0.2, 0) is 10.0 Å². The number of rotatable bonds is 4. The summed E-state index contributed by atoms with van der Waals surface area (Å²) in [5.74, 6) is 0.407. The van der Waals surface area contributed by atoms with Gasteiger partial charge in [0.05, 0.1) is 5.75 Å². The minimum absolute atomic E-state index is 0.0799. The standard InChI is InChI=1S/C10H22N2O2S/c1-9(2)8-15(13,14)12-10-5-3-4-6-11-7-10/h9-12H,3-8H2,1-2H3. The number of sulfonamides is 1. The molecule has 1 heterocycles. The Kier molecular flexibility index (Phi) is 5.02. The summed E-state index contributed by atoms with van der Waals surface area (Å²) in [6.07, 6.45) is 3.19. The first kappa shape index (κ1) is 12.9. The van der Waals surface area contributed by atoms with Gasteiger partial charge in [0.1, 0.15) is 0 Å². The summed E-state index contributed by atoms with van der Waals surface area (Å²) in [5, 5.41) is 3.25. The van der Waals surface area contributed by atoms with Crippen molar-refractivity contribution in [2.75, 3.05) is 18.8 Å². The highest BCUT2D eigenvalue weighted by atomic mass is 32.2. The minimum Gasteiger partial charge on any atom is -0.315 e. The number of nitrogens with one attached hydrogen (secondary N) is 2. The molecule has 90 valence electrons. The Morgan fingerprint density at radius 2 is 2.13 bits per heavy atom. The first-order chi connectivity index (χ1) is 6.99. The number of hydrogen-bond acceptors (Lipinski definition) is 3. The molecular weight excluding hydrogens is 212 g/mol. The molecule has 0 aromatic heterocycles. The lowest BCUT2D eigenvalue weighted by Gasteiger charge is -2.17. The topological polar surface area (TPSA) is 58.2 Å². The van der Waals surface area contributed by atoms with E-state index in [-0.39, 0.29) is 17.7 Å². The van der Waals surface area contributed by atoms with Crippen LogP contribution in [0.5, 0.6) is 0 Å². The zero-order chi connectivity index (χ0) is 11.3. The first-order valence-electron chi connectivity index (χ1n) is 5.70. The van der Waals surface area contributed by atoms with Crippen LogP contribution in [0.25, 0.3) is 0 Å². The van der Waals surface area contributed by atoms with Crippen molar-refractivity contribution in [2.24, 2.45) is 5.92 Å². The van der Waals surface area contributed by atoms with Gasteiger partial charge in [0, 0.05) is 12.6 Å². The van der Waals surface area contributed by atoms with Crippen molar-refractivity contribution in [2.45, 2.75) is 39.2 Å². The molecule has 5 heteroatoms. The van der Waals surface area contributed by atoms with E-state index in [1.165, 1.54) is 0 Å². The molecule has 2 N–H and O–H groups in total. The molecule has 15 heavy (non-hydrogen) atoms. The maximum Gasteiger partial charge on any atom is 0.212 e. The van der Waals surface area contributed by atoms with Crippen molar-refractivity contribution >= 4 is 10.0 Å². The third kappa shape index (κ3) is 5.49. The quantitative estimate of drug-likeness (QED) is 0.753. The smallest absolute Gasteiger partial charge is 0.212 e. The molecule has 0 aromatic rings. The van der Waals surface area contributed by atoms with Gasteiger partial charge in [0.25, 0.3) is 0 Å². The van der Waals surface area contributed by atoms with Crippen molar-refractivity contribution in [3.05, 3.63) is 0 Å². The van der Waals surface area contributed by atoms with Crippen LogP contribution in [0.2, 0.25) is 0 Å². The molecule has 1 unspecified atom stereocenters. The summed E-state index contributed by atoms with van der Waals surface area (Å²) in [5.41, 5.74) is 0. The summed E-state index contributed by atoms with van der Waals surface area (Å²) < 4.78 is 26.1. The van der Waals surface area contributed by atoms with Crippen LogP contribution >= 0.6 is 0 Å². The maximum absolute atomic E-state index is 11.7. The number of hydrogen-bond donors (Lipinski definition) is 2. The molecule has 1 aliphatic heterocycles. The minimum atomic E-state index is -3.09. The van der Waals surface area contributed by atoms with Crippen molar-refractivity contribution in [1.82, 2.24) is 10.0 Å². The van der Waals surface area contributed by atoms with Crippen molar-refractivity contribution in [3.63, 3.8) is 0 Å². The summed E-state index contributed by atoms with van der Waals surface area (Å²) >= 11 is 0. The highest BCUT2D eigenvalue weighted by Gasteiger charge is 2.19. The van der Waals surface area contributed by atoms with E-state index in [4.69, 9.17) is 0 Å². The molecule has 1 saturated heterocycles. The second-order valence-electron chi connectivity index (χ2n) is 4.69. The van der Waals surface area contributed by atoms with Gasteiger partial charge in [-0.1, -0.05) is 20.3 Å². The lowest BCUT2D eigenvalue weighted by atomic mass is 10.2. The van der Waals surface area contributed by atoms with E-state index in [0.29, 0.717) is 0 Å². The van der Waals surface area contributed by atoms with Gasteiger partial charge in [-0.3, -0.25) is 0 Å². The van der Waals surface area contributed by atoms with Gasteiger partial charge in [-0.2, -0.15) is 0 Å². The highest BCUT2D eigenvalue weighted by Crippen LogP contribution is 2.06. The van der Waals surface area contributed by atoms with E-state index in [0.717, 1.165) is 32.4 Å². The Labute approximate surface area is 92.9 Å². The monoisotopic (exact) mass is 234 g/mol. The van der Waals surface area contributed by atoms with Crippen molar-refractivity contribution in [3.8, 4) is 0 Å². The van der Waals surface area contributed by atoms with E-state index in [1.54, 1.807) is 0 Å². The molecular formula is C10H22N2O2S. The average molecular weight is 234 g/mol. The molecule has 4 nitrogen and oxygen atoms in total. The van der Waals surface area contributed by atoms with Gasteiger partial charge in [-0.05, 0) is 25.3 Å². The molecule has 1 fully saturated rings. The van der Waals surface area contributed by atoms with Crippen LogP contribution in [0, 0.1) is 5.92 Å². The zero-order valence-electron chi connectivity index (χ0n) is 9.62. The molecule has 0 aromatic carbocycles. The van der Waals surface area contributed by atoms with Crippen LogP contribution in [-0.4, -0.2) is 33.3 Å². The zero-order valence-corrected chi connectivity index (χ0v) is 10.4.